The highest BCUT2D eigenvalue weighted by atomic mass is 16.5. The average molecular weight is 479 g/mol. The number of ether oxygens (including phenoxy) is 1. The van der Waals surface area contributed by atoms with Crippen molar-refractivity contribution in [1.82, 2.24) is 10.6 Å². The molecule has 4 atom stereocenters. The topological polar surface area (TPSA) is 105 Å². The molecule has 2 aromatic rings. The van der Waals surface area contributed by atoms with Gasteiger partial charge in [-0.2, -0.15) is 0 Å². The molecule has 0 bridgehead atoms. The number of nitrogens with one attached hydrogen (secondary N) is 2. The zero-order valence-corrected chi connectivity index (χ0v) is 20.1. The maximum absolute atomic E-state index is 13.2. The normalized spacial score (nSPS) is 22.2. The smallest absolute Gasteiger partial charge is 0.310 e. The number of benzene rings is 2. The summed E-state index contributed by atoms with van der Waals surface area (Å²) in [6, 6.07) is 18.8. The first-order valence-corrected chi connectivity index (χ1v) is 12.1. The molecule has 3 N–H and O–H groups in total. The van der Waals surface area contributed by atoms with Crippen LogP contribution >= 0.6 is 0 Å². The maximum Gasteiger partial charge on any atom is 0.310 e. The summed E-state index contributed by atoms with van der Waals surface area (Å²) >= 11 is 0. The molecular formula is C28H34N2O5. The van der Waals surface area contributed by atoms with Crippen molar-refractivity contribution in [2.24, 2.45) is 11.8 Å². The molecule has 0 aromatic heterocycles. The van der Waals surface area contributed by atoms with E-state index in [9.17, 15) is 19.5 Å². The van der Waals surface area contributed by atoms with Gasteiger partial charge < -0.3 is 20.5 Å². The Kier molecular flexibility index (Phi) is 10.0. The Morgan fingerprint density at radius 2 is 1.66 bits per heavy atom. The van der Waals surface area contributed by atoms with Crippen molar-refractivity contribution in [3.05, 3.63) is 83.9 Å². The van der Waals surface area contributed by atoms with Crippen molar-refractivity contribution in [1.29, 1.82) is 0 Å². The summed E-state index contributed by atoms with van der Waals surface area (Å²) < 4.78 is 5.93. The van der Waals surface area contributed by atoms with Crippen LogP contribution < -0.4 is 10.6 Å². The molecule has 0 saturated carbocycles. The average Bonchev–Trinajstić information content (AvgIpc) is 2.87. The summed E-state index contributed by atoms with van der Waals surface area (Å²) in [5, 5.41) is 14.8. The second-order valence-corrected chi connectivity index (χ2v) is 8.96. The third kappa shape index (κ3) is 8.37. The zero-order valence-electron chi connectivity index (χ0n) is 20.1. The van der Waals surface area contributed by atoms with E-state index in [4.69, 9.17) is 4.74 Å². The highest BCUT2D eigenvalue weighted by Gasteiger charge is 2.27. The number of rotatable bonds is 7. The van der Waals surface area contributed by atoms with Crippen molar-refractivity contribution >= 4 is 17.8 Å². The number of cyclic esters (lactones) is 1. The molecule has 7 heteroatoms. The largest absolute Gasteiger partial charge is 0.455 e. The van der Waals surface area contributed by atoms with Gasteiger partial charge in [0.15, 0.2) is 0 Å². The Hall–Kier alpha value is -3.45. The minimum atomic E-state index is -0.641. The second kappa shape index (κ2) is 13.4. The van der Waals surface area contributed by atoms with Crippen LogP contribution in [0.2, 0.25) is 0 Å². The van der Waals surface area contributed by atoms with Gasteiger partial charge in [0, 0.05) is 12.5 Å². The number of hydrogen-bond donors (Lipinski definition) is 3. The van der Waals surface area contributed by atoms with Crippen LogP contribution in [0.3, 0.4) is 0 Å². The number of carbonyl (C=O) groups is 3. The first-order chi connectivity index (χ1) is 17.0. The number of carbonyl (C=O) groups excluding carboxylic acids is 3. The van der Waals surface area contributed by atoms with Gasteiger partial charge in [0.1, 0.15) is 6.10 Å². The van der Waals surface area contributed by atoms with Crippen molar-refractivity contribution in [2.75, 3.05) is 13.2 Å². The molecule has 35 heavy (non-hydrogen) atoms. The lowest BCUT2D eigenvalue weighted by atomic mass is 9.94. The van der Waals surface area contributed by atoms with Gasteiger partial charge in [-0.25, -0.2) is 0 Å². The van der Waals surface area contributed by atoms with Gasteiger partial charge in [0.25, 0.3) is 0 Å². The molecule has 3 rings (SSSR count). The summed E-state index contributed by atoms with van der Waals surface area (Å²) in [5.41, 5.74) is 1.84. The summed E-state index contributed by atoms with van der Waals surface area (Å²) in [6.07, 6.45) is 4.50. The van der Waals surface area contributed by atoms with Crippen LogP contribution in [-0.4, -0.2) is 42.1 Å². The van der Waals surface area contributed by atoms with Crippen LogP contribution in [0.4, 0.5) is 0 Å². The first-order valence-electron chi connectivity index (χ1n) is 12.1. The molecule has 0 aliphatic carbocycles. The Bertz CT molecular complexity index is 993. The molecule has 0 spiro atoms. The van der Waals surface area contributed by atoms with Crippen LogP contribution in [0.25, 0.3) is 0 Å². The molecule has 7 nitrogen and oxygen atoms in total. The lowest BCUT2D eigenvalue weighted by Crippen LogP contribution is -2.40. The van der Waals surface area contributed by atoms with E-state index in [1.165, 1.54) is 0 Å². The zero-order chi connectivity index (χ0) is 25.0. The molecule has 1 heterocycles. The maximum atomic E-state index is 13.2. The van der Waals surface area contributed by atoms with Crippen LogP contribution in [-0.2, 0) is 25.5 Å². The van der Waals surface area contributed by atoms with E-state index in [2.05, 4.69) is 10.6 Å². The fourth-order valence-corrected chi connectivity index (χ4v) is 4.04. The Balaban J connectivity index is 1.81. The van der Waals surface area contributed by atoms with Gasteiger partial charge in [0.05, 0.1) is 25.0 Å². The fourth-order valence-electron chi connectivity index (χ4n) is 4.04. The second-order valence-electron chi connectivity index (χ2n) is 8.96. The van der Waals surface area contributed by atoms with Gasteiger partial charge >= 0.3 is 5.97 Å². The molecule has 0 fully saturated rings. The lowest BCUT2D eigenvalue weighted by Gasteiger charge is -2.24. The van der Waals surface area contributed by atoms with Gasteiger partial charge in [0.2, 0.25) is 11.8 Å². The molecular weight excluding hydrogens is 444 g/mol. The van der Waals surface area contributed by atoms with E-state index in [0.717, 1.165) is 11.1 Å². The van der Waals surface area contributed by atoms with Crippen molar-refractivity contribution < 1.29 is 24.2 Å². The molecule has 0 saturated heterocycles. The minimum Gasteiger partial charge on any atom is -0.455 e. The summed E-state index contributed by atoms with van der Waals surface area (Å²) in [7, 11) is 0. The van der Waals surface area contributed by atoms with Gasteiger partial charge in [-0.05, 0) is 37.3 Å². The SMILES string of the molecule is C[C@@H](CO)NC(=O)C[C@H]1CC=CC[C@H](Cc2ccccc2)C(=O)O[C@@H](c2ccccc2)CNC1=O. The molecule has 0 radical (unpaired) electrons. The predicted molar refractivity (Wildman–Crippen MR) is 133 cm³/mol. The monoisotopic (exact) mass is 478 g/mol. The molecule has 0 unspecified atom stereocenters. The summed E-state index contributed by atoms with van der Waals surface area (Å²) in [5.74, 6) is -1.82. The number of aliphatic hydroxyl groups is 1. The van der Waals surface area contributed by atoms with Crippen LogP contribution in [0, 0.1) is 11.8 Å². The molecule has 2 amide bonds. The van der Waals surface area contributed by atoms with Crippen LogP contribution in [0.15, 0.2) is 72.8 Å². The molecule has 1 aliphatic rings. The number of amides is 2. The summed E-state index contributed by atoms with van der Waals surface area (Å²) in [6.45, 7) is 1.64. The van der Waals surface area contributed by atoms with Gasteiger partial charge in [-0.15, -0.1) is 0 Å². The van der Waals surface area contributed by atoms with Crippen LogP contribution in [0.5, 0.6) is 0 Å². The van der Waals surface area contributed by atoms with E-state index in [1.54, 1.807) is 6.92 Å². The first kappa shape index (κ1) is 26.2. The predicted octanol–water partition coefficient (Wildman–Crippen LogP) is 3.10. The van der Waals surface area contributed by atoms with E-state index in [-0.39, 0.29) is 49.3 Å². The molecule has 1 aliphatic heterocycles. The number of aliphatic hydroxyl groups excluding tert-OH is 1. The van der Waals surface area contributed by atoms with Gasteiger partial charge in [-0.1, -0.05) is 72.8 Å². The van der Waals surface area contributed by atoms with E-state index in [0.29, 0.717) is 19.3 Å². The fraction of sp³-hybridized carbons (Fsp3) is 0.393. The summed E-state index contributed by atoms with van der Waals surface area (Å²) in [4.78, 5) is 38.6. The van der Waals surface area contributed by atoms with Gasteiger partial charge in [-0.3, -0.25) is 14.4 Å². The Morgan fingerprint density at radius 1 is 1.03 bits per heavy atom. The van der Waals surface area contributed by atoms with Crippen molar-refractivity contribution in [2.45, 2.75) is 44.8 Å². The Morgan fingerprint density at radius 3 is 2.31 bits per heavy atom. The van der Waals surface area contributed by atoms with E-state index < -0.39 is 12.0 Å². The quantitative estimate of drug-likeness (QED) is 0.419. The van der Waals surface area contributed by atoms with Crippen molar-refractivity contribution in [3.63, 3.8) is 0 Å². The standard InChI is InChI=1S/C28H34N2O5/c1-20(19-31)30-26(32)17-23-14-8-9-15-24(16-21-10-4-2-5-11-21)28(34)35-25(18-29-27(23)33)22-12-6-3-7-13-22/h2-13,20,23-25,31H,14-19H2,1H3,(H,29,33)(H,30,32)/t20-,23+,24+,25+/m0/s1. The number of esters is 1. The molecule has 2 aromatic carbocycles. The third-order valence-electron chi connectivity index (χ3n) is 6.04. The lowest BCUT2D eigenvalue weighted by molar-refractivity contribution is -0.154. The number of hydrogen-bond acceptors (Lipinski definition) is 5. The minimum absolute atomic E-state index is 0.00372. The van der Waals surface area contributed by atoms with E-state index in [1.807, 2.05) is 72.8 Å². The highest BCUT2D eigenvalue weighted by molar-refractivity contribution is 5.86. The third-order valence-corrected chi connectivity index (χ3v) is 6.04. The Labute approximate surface area is 206 Å². The number of allylic oxidation sites excluding steroid dienone is 2. The van der Waals surface area contributed by atoms with E-state index >= 15 is 0 Å². The van der Waals surface area contributed by atoms with Crippen LogP contribution in [0.1, 0.15) is 43.4 Å². The molecule has 186 valence electrons. The van der Waals surface area contributed by atoms with Crippen molar-refractivity contribution in [3.8, 4) is 0 Å². The highest BCUT2D eigenvalue weighted by Crippen LogP contribution is 2.23.